The van der Waals surface area contributed by atoms with Crippen LogP contribution < -0.4 is 5.73 Å². The molecule has 0 aliphatic heterocycles. The lowest BCUT2D eigenvalue weighted by atomic mass is 10.2. The van der Waals surface area contributed by atoms with Gasteiger partial charge < -0.3 is 5.73 Å². The van der Waals surface area contributed by atoms with Crippen LogP contribution in [0.5, 0.6) is 0 Å². The van der Waals surface area contributed by atoms with Crippen molar-refractivity contribution in [2.24, 2.45) is 0 Å². The van der Waals surface area contributed by atoms with Gasteiger partial charge in [0, 0.05) is 11.8 Å². The van der Waals surface area contributed by atoms with Gasteiger partial charge >= 0.3 is 0 Å². The van der Waals surface area contributed by atoms with Crippen molar-refractivity contribution in [1.82, 2.24) is 24.7 Å². The highest BCUT2D eigenvalue weighted by Gasteiger charge is 2.17. The first-order chi connectivity index (χ1) is 12.7. The van der Waals surface area contributed by atoms with Gasteiger partial charge in [-0.25, -0.2) is 24.0 Å². The Labute approximate surface area is 149 Å². The molecule has 2 N–H and O–H groups in total. The number of hydrogen-bond acceptors (Lipinski definition) is 5. The second-order valence-corrected chi connectivity index (χ2v) is 5.83. The summed E-state index contributed by atoms with van der Waals surface area (Å²) >= 11 is 0. The van der Waals surface area contributed by atoms with E-state index in [-0.39, 0.29) is 18.2 Å². The summed E-state index contributed by atoms with van der Waals surface area (Å²) in [7, 11) is 0. The lowest BCUT2D eigenvalue weighted by Gasteiger charge is -2.04. The quantitative estimate of drug-likeness (QED) is 0.613. The second-order valence-electron chi connectivity index (χ2n) is 5.83. The molecule has 0 atom stereocenters. The number of fused-ring (bicyclic) bond motifs is 1. The standard InChI is InChI=1S/C19H16FN6/c1-2-13-10-16(21)24-18(23-13)17-14-7-5-9-22-19(14)26(25-17)11-12-6-3-4-8-15(12)20/h3-9H,2,11H2,1H3,(H2,21,23,24). The largest absolute Gasteiger partial charge is 0.383 e. The first kappa shape index (κ1) is 16.1. The van der Waals surface area contributed by atoms with Crippen molar-refractivity contribution >= 4 is 16.9 Å². The molecule has 0 unspecified atom stereocenters. The first-order valence-electron chi connectivity index (χ1n) is 8.26. The normalized spacial score (nSPS) is 11.2. The molecule has 26 heavy (non-hydrogen) atoms. The third kappa shape index (κ3) is 2.88. The molecule has 0 spiro atoms. The van der Waals surface area contributed by atoms with Gasteiger partial charge in [-0.2, -0.15) is 5.10 Å². The van der Waals surface area contributed by atoms with Crippen molar-refractivity contribution in [3.8, 4) is 11.5 Å². The molecule has 1 aromatic carbocycles. The number of aromatic nitrogens is 5. The number of nitrogens with two attached hydrogens (primary N) is 1. The Balaban J connectivity index is 1.87. The predicted molar refractivity (Wildman–Crippen MR) is 96.7 cm³/mol. The molecule has 0 bridgehead atoms. The van der Waals surface area contributed by atoms with Crippen molar-refractivity contribution in [3.05, 3.63) is 65.7 Å². The molecule has 4 rings (SSSR count). The fourth-order valence-electron chi connectivity index (χ4n) is 2.82. The van der Waals surface area contributed by atoms with E-state index in [1.807, 2.05) is 19.1 Å². The summed E-state index contributed by atoms with van der Waals surface area (Å²) in [6.45, 7) is 2.23. The number of anilines is 1. The highest BCUT2D eigenvalue weighted by atomic mass is 19.1. The zero-order valence-electron chi connectivity index (χ0n) is 14.1. The van der Waals surface area contributed by atoms with Gasteiger partial charge in [0.15, 0.2) is 11.5 Å². The number of nitrogen functional groups attached to an aromatic ring is 1. The third-order valence-electron chi connectivity index (χ3n) is 4.07. The third-order valence-corrected chi connectivity index (χ3v) is 4.07. The molecule has 0 amide bonds. The molecular formula is C19H16FN6. The molecule has 0 aliphatic carbocycles. The number of hydrogen-bond donors (Lipinski definition) is 1. The summed E-state index contributed by atoms with van der Waals surface area (Å²) in [6, 6.07) is 13.3. The maximum atomic E-state index is 14.0. The maximum Gasteiger partial charge on any atom is 0.183 e. The predicted octanol–water partition coefficient (Wildman–Crippen LogP) is 3.02. The average Bonchev–Trinajstić information content (AvgIpc) is 3.02. The zero-order chi connectivity index (χ0) is 18.1. The van der Waals surface area contributed by atoms with Crippen LogP contribution in [0.4, 0.5) is 10.2 Å². The van der Waals surface area contributed by atoms with Crippen molar-refractivity contribution < 1.29 is 4.39 Å². The van der Waals surface area contributed by atoms with Crippen LogP contribution in [0, 0.1) is 11.9 Å². The Morgan fingerprint density at radius 2 is 2.00 bits per heavy atom. The number of benzene rings is 1. The smallest absolute Gasteiger partial charge is 0.183 e. The monoisotopic (exact) mass is 347 g/mol. The molecule has 4 aromatic rings. The Morgan fingerprint density at radius 1 is 1.15 bits per heavy atom. The van der Waals surface area contributed by atoms with E-state index in [0.717, 1.165) is 5.39 Å². The van der Waals surface area contributed by atoms with Gasteiger partial charge in [0.25, 0.3) is 0 Å². The minimum Gasteiger partial charge on any atom is -0.383 e. The molecule has 3 heterocycles. The van der Waals surface area contributed by atoms with Crippen LogP contribution in [-0.4, -0.2) is 24.7 Å². The molecule has 3 aromatic heterocycles. The number of pyridine rings is 1. The summed E-state index contributed by atoms with van der Waals surface area (Å²) in [5.74, 6) is 0.410. The molecule has 0 saturated carbocycles. The van der Waals surface area contributed by atoms with Crippen LogP contribution in [0.3, 0.4) is 0 Å². The van der Waals surface area contributed by atoms with Gasteiger partial charge in [-0.1, -0.05) is 25.1 Å². The fraction of sp³-hybridized carbons (Fsp3) is 0.158. The van der Waals surface area contributed by atoms with E-state index in [9.17, 15) is 4.39 Å². The van der Waals surface area contributed by atoms with Crippen LogP contribution in [0.25, 0.3) is 22.6 Å². The van der Waals surface area contributed by atoms with E-state index in [1.165, 1.54) is 6.07 Å². The molecule has 1 radical (unpaired) electrons. The molecular weight excluding hydrogens is 331 g/mol. The van der Waals surface area contributed by atoms with Gasteiger partial charge in [0.05, 0.1) is 23.7 Å². The summed E-state index contributed by atoms with van der Waals surface area (Å²) < 4.78 is 15.7. The first-order valence-corrected chi connectivity index (χ1v) is 8.26. The minimum atomic E-state index is -0.281. The van der Waals surface area contributed by atoms with E-state index in [1.54, 1.807) is 29.1 Å². The van der Waals surface area contributed by atoms with Gasteiger partial charge in [-0.3, -0.25) is 0 Å². The Morgan fingerprint density at radius 3 is 2.81 bits per heavy atom. The van der Waals surface area contributed by atoms with Crippen LogP contribution in [0.15, 0.2) is 42.6 Å². The van der Waals surface area contributed by atoms with E-state index in [2.05, 4.69) is 26.1 Å². The van der Waals surface area contributed by atoms with Crippen molar-refractivity contribution in [3.63, 3.8) is 0 Å². The van der Waals surface area contributed by atoms with E-state index in [0.29, 0.717) is 34.8 Å². The summed E-state index contributed by atoms with van der Waals surface area (Å²) in [6.07, 6.45) is 2.36. The number of aryl methyl sites for hydroxylation is 1. The average molecular weight is 347 g/mol. The molecule has 0 fully saturated rings. The van der Waals surface area contributed by atoms with E-state index in [4.69, 9.17) is 5.73 Å². The number of halogens is 1. The minimum absolute atomic E-state index is 0.259. The van der Waals surface area contributed by atoms with Gasteiger partial charge in [0.1, 0.15) is 17.3 Å². The molecule has 0 aliphatic rings. The SMILES string of the molecule is CCc1[c]c(N)nc(-c2nn(Cc3ccccc3F)c3ncccc23)n1. The van der Waals surface area contributed by atoms with Crippen LogP contribution in [0.1, 0.15) is 18.2 Å². The van der Waals surface area contributed by atoms with Gasteiger partial charge in [-0.05, 0) is 24.6 Å². The van der Waals surface area contributed by atoms with E-state index < -0.39 is 0 Å². The molecule has 0 saturated heterocycles. The topological polar surface area (TPSA) is 82.5 Å². The maximum absolute atomic E-state index is 14.0. The lowest BCUT2D eigenvalue weighted by molar-refractivity contribution is 0.589. The second kappa shape index (κ2) is 6.51. The van der Waals surface area contributed by atoms with Crippen molar-refractivity contribution in [2.75, 3.05) is 5.73 Å². The Kier molecular flexibility index (Phi) is 4.04. The summed E-state index contributed by atoms with van der Waals surface area (Å²) in [4.78, 5) is 13.2. The molecule has 7 heteroatoms. The van der Waals surface area contributed by atoms with Gasteiger partial charge in [0.2, 0.25) is 0 Å². The summed E-state index contributed by atoms with van der Waals surface area (Å²) in [5, 5.41) is 5.39. The summed E-state index contributed by atoms with van der Waals surface area (Å²) in [5.41, 5.74) is 8.32. The van der Waals surface area contributed by atoms with Crippen molar-refractivity contribution in [2.45, 2.75) is 19.9 Å². The van der Waals surface area contributed by atoms with Crippen LogP contribution >= 0.6 is 0 Å². The number of rotatable bonds is 4. The highest BCUT2D eigenvalue weighted by Crippen LogP contribution is 2.26. The molecule has 6 nitrogen and oxygen atoms in total. The van der Waals surface area contributed by atoms with Gasteiger partial charge in [-0.15, -0.1) is 0 Å². The Hall–Kier alpha value is -3.35. The highest BCUT2D eigenvalue weighted by molar-refractivity contribution is 5.89. The molecule has 129 valence electrons. The van der Waals surface area contributed by atoms with Crippen LogP contribution in [-0.2, 0) is 13.0 Å². The van der Waals surface area contributed by atoms with Crippen LogP contribution in [0.2, 0.25) is 0 Å². The zero-order valence-corrected chi connectivity index (χ0v) is 14.1. The van der Waals surface area contributed by atoms with E-state index >= 15 is 0 Å². The fourth-order valence-corrected chi connectivity index (χ4v) is 2.82. The Bertz CT molecular complexity index is 1090. The lowest BCUT2D eigenvalue weighted by Crippen LogP contribution is -2.05. The van der Waals surface area contributed by atoms with Crippen molar-refractivity contribution in [1.29, 1.82) is 0 Å². The number of nitrogens with zero attached hydrogens (tertiary/aromatic N) is 5.